The molecular formula is C11H13ClN4OS. The van der Waals surface area contributed by atoms with Gasteiger partial charge in [0.2, 0.25) is 0 Å². The number of thiophene rings is 1. The van der Waals surface area contributed by atoms with Crippen molar-refractivity contribution in [3.05, 3.63) is 32.6 Å². The number of aryl methyl sites for hydroxylation is 1. The van der Waals surface area contributed by atoms with Crippen molar-refractivity contribution in [2.24, 2.45) is 0 Å². The van der Waals surface area contributed by atoms with Crippen LogP contribution in [0.15, 0.2) is 12.1 Å². The summed E-state index contributed by atoms with van der Waals surface area (Å²) in [5.74, 6) is 0.0190. The molecule has 0 fully saturated rings. The highest BCUT2D eigenvalue weighted by atomic mass is 35.5. The molecule has 1 amide bonds. The number of nitrogens with zero attached hydrogens (tertiary/aromatic N) is 1. The summed E-state index contributed by atoms with van der Waals surface area (Å²) in [6.07, 6.45) is 0.750. The van der Waals surface area contributed by atoms with Gasteiger partial charge in [0.25, 0.3) is 5.91 Å². The van der Waals surface area contributed by atoms with Crippen molar-refractivity contribution in [2.75, 3.05) is 12.3 Å². The van der Waals surface area contributed by atoms with Gasteiger partial charge in [0, 0.05) is 17.1 Å². The normalized spacial score (nSPS) is 10.6. The molecule has 0 aliphatic rings. The highest BCUT2D eigenvalue weighted by Gasteiger charge is 2.15. The second kappa shape index (κ2) is 5.41. The molecule has 0 aliphatic heterocycles. The second-order valence-electron chi connectivity index (χ2n) is 3.82. The first kappa shape index (κ1) is 12.9. The van der Waals surface area contributed by atoms with Crippen LogP contribution in [0.2, 0.25) is 4.34 Å². The fourth-order valence-electron chi connectivity index (χ4n) is 1.61. The van der Waals surface area contributed by atoms with Gasteiger partial charge in [0.05, 0.1) is 4.34 Å². The number of aromatic nitrogens is 2. The van der Waals surface area contributed by atoms with Gasteiger partial charge in [-0.2, -0.15) is 5.10 Å². The number of aromatic amines is 1. The first-order valence-electron chi connectivity index (χ1n) is 5.41. The number of nitrogens with one attached hydrogen (secondary N) is 2. The molecule has 5 nitrogen and oxygen atoms in total. The average molecular weight is 285 g/mol. The van der Waals surface area contributed by atoms with E-state index in [4.69, 9.17) is 17.3 Å². The summed E-state index contributed by atoms with van der Waals surface area (Å²) in [7, 11) is 0. The molecule has 2 aromatic heterocycles. The van der Waals surface area contributed by atoms with E-state index >= 15 is 0 Å². The number of anilines is 1. The fourth-order valence-corrected chi connectivity index (χ4v) is 2.70. The van der Waals surface area contributed by atoms with Crippen molar-refractivity contribution in [2.45, 2.75) is 13.3 Å². The van der Waals surface area contributed by atoms with Gasteiger partial charge in [0.15, 0.2) is 5.82 Å². The SMILES string of the molecule is Cc1[nH]nc(N)c1C(=O)NCCc1ccc(Cl)s1. The minimum absolute atomic E-state index is 0.207. The minimum Gasteiger partial charge on any atom is -0.382 e. The largest absolute Gasteiger partial charge is 0.382 e. The van der Waals surface area contributed by atoms with Gasteiger partial charge in [-0.05, 0) is 25.5 Å². The number of rotatable bonds is 4. The first-order chi connectivity index (χ1) is 8.58. The lowest BCUT2D eigenvalue weighted by Gasteiger charge is -2.03. The Morgan fingerprint density at radius 1 is 1.61 bits per heavy atom. The van der Waals surface area contributed by atoms with Gasteiger partial charge in [-0.25, -0.2) is 0 Å². The van der Waals surface area contributed by atoms with E-state index in [1.54, 1.807) is 6.92 Å². The summed E-state index contributed by atoms with van der Waals surface area (Å²) in [4.78, 5) is 13.0. The zero-order valence-electron chi connectivity index (χ0n) is 9.79. The van der Waals surface area contributed by atoms with Crippen LogP contribution in [0, 0.1) is 6.92 Å². The summed E-state index contributed by atoms with van der Waals surface area (Å²) in [5.41, 5.74) is 6.70. The van der Waals surface area contributed by atoms with Crippen molar-refractivity contribution in [1.29, 1.82) is 0 Å². The lowest BCUT2D eigenvalue weighted by atomic mass is 10.2. The van der Waals surface area contributed by atoms with Gasteiger partial charge in [-0.1, -0.05) is 11.6 Å². The van der Waals surface area contributed by atoms with Crippen LogP contribution in [0.3, 0.4) is 0 Å². The maximum absolute atomic E-state index is 11.9. The van der Waals surface area contributed by atoms with Crippen LogP contribution in [0.5, 0.6) is 0 Å². The molecule has 0 aliphatic carbocycles. The van der Waals surface area contributed by atoms with E-state index in [1.807, 2.05) is 12.1 Å². The van der Waals surface area contributed by atoms with Gasteiger partial charge < -0.3 is 11.1 Å². The molecule has 0 atom stereocenters. The zero-order chi connectivity index (χ0) is 13.1. The third-order valence-corrected chi connectivity index (χ3v) is 3.78. The third kappa shape index (κ3) is 2.83. The summed E-state index contributed by atoms with van der Waals surface area (Å²) in [5, 5.41) is 9.27. The summed E-state index contributed by atoms with van der Waals surface area (Å²) >= 11 is 7.34. The standard InChI is InChI=1S/C11H13ClN4OS/c1-6-9(10(13)16-15-6)11(17)14-5-4-7-2-3-8(12)18-7/h2-3H,4-5H2,1H3,(H,14,17)(H3,13,15,16). The molecule has 0 bridgehead atoms. The minimum atomic E-state index is -0.207. The van der Waals surface area contributed by atoms with Crippen LogP contribution in [-0.4, -0.2) is 22.6 Å². The number of nitrogen functional groups attached to an aromatic ring is 1. The van der Waals surface area contributed by atoms with E-state index in [-0.39, 0.29) is 11.7 Å². The number of halogens is 1. The molecule has 2 rings (SSSR count). The van der Waals surface area contributed by atoms with E-state index in [2.05, 4.69) is 15.5 Å². The Bertz CT molecular complexity index is 544. The van der Waals surface area contributed by atoms with Gasteiger partial charge >= 0.3 is 0 Å². The quantitative estimate of drug-likeness (QED) is 0.803. The van der Waals surface area contributed by atoms with E-state index < -0.39 is 0 Å². The van der Waals surface area contributed by atoms with Crippen LogP contribution in [0.1, 0.15) is 20.9 Å². The molecule has 0 unspecified atom stereocenters. The van der Waals surface area contributed by atoms with Crippen LogP contribution in [-0.2, 0) is 6.42 Å². The molecule has 18 heavy (non-hydrogen) atoms. The number of H-pyrrole nitrogens is 1. The lowest BCUT2D eigenvalue weighted by molar-refractivity contribution is 0.0954. The van der Waals surface area contributed by atoms with Crippen LogP contribution in [0.25, 0.3) is 0 Å². The zero-order valence-corrected chi connectivity index (χ0v) is 11.4. The molecular weight excluding hydrogens is 272 g/mol. The number of carbonyl (C=O) groups is 1. The van der Waals surface area contributed by atoms with Crippen molar-refractivity contribution in [3.8, 4) is 0 Å². The van der Waals surface area contributed by atoms with E-state index in [0.29, 0.717) is 17.8 Å². The average Bonchev–Trinajstić information content (AvgIpc) is 2.86. The van der Waals surface area contributed by atoms with E-state index in [1.165, 1.54) is 11.3 Å². The summed E-state index contributed by atoms with van der Waals surface area (Å²) < 4.78 is 0.756. The fraction of sp³-hybridized carbons (Fsp3) is 0.273. The summed E-state index contributed by atoms with van der Waals surface area (Å²) in [6, 6.07) is 3.80. The number of carbonyl (C=O) groups excluding carboxylic acids is 1. The van der Waals surface area contributed by atoms with Crippen LogP contribution in [0.4, 0.5) is 5.82 Å². The molecule has 0 saturated carbocycles. The molecule has 0 saturated heterocycles. The van der Waals surface area contributed by atoms with Crippen molar-refractivity contribution in [1.82, 2.24) is 15.5 Å². The Morgan fingerprint density at radius 2 is 2.39 bits per heavy atom. The molecule has 7 heteroatoms. The smallest absolute Gasteiger partial charge is 0.256 e. The maximum Gasteiger partial charge on any atom is 0.256 e. The Hall–Kier alpha value is -1.53. The molecule has 0 aromatic carbocycles. The van der Waals surface area contributed by atoms with Crippen molar-refractivity contribution < 1.29 is 4.79 Å². The molecule has 2 heterocycles. The lowest BCUT2D eigenvalue weighted by Crippen LogP contribution is -2.26. The number of amides is 1. The highest BCUT2D eigenvalue weighted by Crippen LogP contribution is 2.21. The molecule has 4 N–H and O–H groups in total. The van der Waals surface area contributed by atoms with Crippen LogP contribution >= 0.6 is 22.9 Å². The highest BCUT2D eigenvalue weighted by molar-refractivity contribution is 7.16. The molecule has 2 aromatic rings. The predicted molar refractivity (Wildman–Crippen MR) is 73.1 cm³/mol. The number of hydrogen-bond donors (Lipinski definition) is 3. The topological polar surface area (TPSA) is 83.8 Å². The van der Waals surface area contributed by atoms with Crippen molar-refractivity contribution in [3.63, 3.8) is 0 Å². The van der Waals surface area contributed by atoms with Gasteiger partial charge in [-0.3, -0.25) is 9.89 Å². The van der Waals surface area contributed by atoms with Crippen LogP contribution < -0.4 is 11.1 Å². The molecule has 96 valence electrons. The van der Waals surface area contributed by atoms with Gasteiger partial charge in [-0.15, -0.1) is 11.3 Å². The van der Waals surface area contributed by atoms with E-state index in [9.17, 15) is 4.79 Å². The monoisotopic (exact) mass is 284 g/mol. The Labute approximate surface area is 113 Å². The number of hydrogen-bond acceptors (Lipinski definition) is 4. The predicted octanol–water partition coefficient (Wildman–Crippen LogP) is 1.99. The Balaban J connectivity index is 1.89. The first-order valence-corrected chi connectivity index (χ1v) is 6.60. The van der Waals surface area contributed by atoms with Crippen molar-refractivity contribution >= 4 is 34.7 Å². The second-order valence-corrected chi connectivity index (χ2v) is 5.62. The van der Waals surface area contributed by atoms with E-state index in [0.717, 1.165) is 15.6 Å². The third-order valence-electron chi connectivity index (χ3n) is 2.49. The molecule has 0 radical (unpaired) electrons. The maximum atomic E-state index is 11.9. The number of nitrogens with two attached hydrogens (primary N) is 1. The molecule has 0 spiro atoms. The summed E-state index contributed by atoms with van der Waals surface area (Å²) in [6.45, 7) is 2.30. The Morgan fingerprint density at radius 3 is 2.94 bits per heavy atom. The Kier molecular flexibility index (Phi) is 3.88. The van der Waals surface area contributed by atoms with Gasteiger partial charge in [0.1, 0.15) is 5.56 Å².